The molecule has 4 rings (SSSR count). The minimum Gasteiger partial charge on any atom is -0.497 e. The van der Waals surface area contributed by atoms with Crippen LogP contribution in [0.1, 0.15) is 5.56 Å². The van der Waals surface area contributed by atoms with Gasteiger partial charge in [-0.25, -0.2) is 9.10 Å². The average Bonchev–Trinajstić information content (AvgIpc) is 3.10. The molecule has 0 N–H and O–H groups in total. The van der Waals surface area contributed by atoms with E-state index in [1.54, 1.807) is 13.2 Å². The molecule has 1 aliphatic rings. The lowest BCUT2D eigenvalue weighted by molar-refractivity contribution is 0.414. The van der Waals surface area contributed by atoms with Crippen LogP contribution in [0.5, 0.6) is 5.75 Å². The van der Waals surface area contributed by atoms with Gasteiger partial charge in [0.15, 0.2) is 5.84 Å². The van der Waals surface area contributed by atoms with E-state index in [2.05, 4.69) is 5.16 Å². The van der Waals surface area contributed by atoms with Crippen molar-refractivity contribution in [2.75, 3.05) is 11.4 Å². The van der Waals surface area contributed by atoms with Gasteiger partial charge >= 0.3 is 5.63 Å². The van der Waals surface area contributed by atoms with Gasteiger partial charge in [-0.05, 0) is 29.4 Å². The van der Waals surface area contributed by atoms with E-state index in [0.717, 1.165) is 23.3 Å². The zero-order chi connectivity index (χ0) is 16.5. The van der Waals surface area contributed by atoms with Gasteiger partial charge in [0.05, 0.1) is 12.8 Å². The number of fused-ring (bicyclic) bond motifs is 1. The van der Waals surface area contributed by atoms with Gasteiger partial charge in [0.1, 0.15) is 11.3 Å². The fourth-order valence-electron chi connectivity index (χ4n) is 2.50. The number of ether oxygens (including phenoxy) is 1. The maximum Gasteiger partial charge on any atom is 0.336 e. The van der Waals surface area contributed by atoms with E-state index in [0.29, 0.717) is 22.7 Å². The normalized spacial score (nSPS) is 13.7. The van der Waals surface area contributed by atoms with Crippen molar-refractivity contribution in [1.29, 1.82) is 0 Å². The molecule has 1 aliphatic heterocycles. The van der Waals surface area contributed by atoms with Crippen LogP contribution in [0.25, 0.3) is 11.0 Å². The number of benzene rings is 2. The zero-order valence-electron chi connectivity index (χ0n) is 12.6. The molecule has 6 nitrogen and oxygen atoms in total. The van der Waals surface area contributed by atoms with Gasteiger partial charge in [-0.2, -0.15) is 0 Å². The number of methoxy groups -OCH3 is 1. The first-order valence-electron chi connectivity index (χ1n) is 7.15. The molecule has 0 aliphatic carbocycles. The predicted octanol–water partition coefficient (Wildman–Crippen LogP) is 3.56. The fourth-order valence-corrected chi connectivity index (χ4v) is 3.08. The SMILES string of the molecule is COc1ccc2c(C3=NOSN3c3ccccc3)cc(=O)oc2c1. The molecule has 0 atom stereocenters. The van der Waals surface area contributed by atoms with Gasteiger partial charge < -0.3 is 9.15 Å². The lowest BCUT2D eigenvalue weighted by Gasteiger charge is -2.16. The monoisotopic (exact) mass is 340 g/mol. The molecule has 0 spiro atoms. The first-order valence-corrected chi connectivity index (χ1v) is 7.85. The van der Waals surface area contributed by atoms with Crippen LogP contribution in [0.2, 0.25) is 0 Å². The second-order valence-corrected chi connectivity index (χ2v) is 5.70. The number of hydrogen-bond acceptors (Lipinski definition) is 7. The minimum atomic E-state index is -0.460. The Morgan fingerprint density at radius 3 is 2.75 bits per heavy atom. The van der Waals surface area contributed by atoms with E-state index >= 15 is 0 Å². The van der Waals surface area contributed by atoms with Crippen molar-refractivity contribution in [3.05, 3.63) is 70.6 Å². The number of nitrogens with zero attached hydrogens (tertiary/aromatic N) is 2. The first-order chi connectivity index (χ1) is 11.8. The minimum absolute atomic E-state index is 0.435. The van der Waals surface area contributed by atoms with Crippen LogP contribution in [0, 0.1) is 0 Å². The van der Waals surface area contributed by atoms with Gasteiger partial charge in [0.25, 0.3) is 0 Å². The summed E-state index contributed by atoms with van der Waals surface area (Å²) in [6.07, 6.45) is 0. The quantitative estimate of drug-likeness (QED) is 0.413. The Kier molecular flexibility index (Phi) is 3.62. The summed E-state index contributed by atoms with van der Waals surface area (Å²) in [7, 11) is 1.56. The maximum absolute atomic E-state index is 12.0. The van der Waals surface area contributed by atoms with Gasteiger partial charge in [-0.3, -0.25) is 4.28 Å². The summed E-state index contributed by atoms with van der Waals surface area (Å²) >= 11 is 1.09. The highest BCUT2D eigenvalue weighted by atomic mass is 32.2. The molecule has 0 amide bonds. The Hall–Kier alpha value is -2.93. The number of anilines is 1. The van der Waals surface area contributed by atoms with Crippen molar-refractivity contribution in [2.24, 2.45) is 5.16 Å². The Balaban J connectivity index is 1.88. The second kappa shape index (κ2) is 5.93. The van der Waals surface area contributed by atoms with E-state index in [9.17, 15) is 4.79 Å². The number of hydrogen-bond donors (Lipinski definition) is 0. The highest BCUT2D eigenvalue weighted by Crippen LogP contribution is 2.33. The Bertz CT molecular complexity index is 985. The molecule has 0 radical (unpaired) electrons. The summed E-state index contributed by atoms with van der Waals surface area (Å²) in [6.45, 7) is 0. The van der Waals surface area contributed by atoms with Crippen molar-refractivity contribution in [3.63, 3.8) is 0 Å². The molecule has 2 heterocycles. The number of para-hydroxylation sites is 1. The standard InChI is InChI=1S/C17H12N2O4S/c1-21-12-7-8-13-14(10-16(20)22-15(13)9-12)17-18-23-24-19(17)11-5-3-2-4-6-11/h2-10H,1H3. The number of amidine groups is 1. The zero-order valence-corrected chi connectivity index (χ0v) is 13.4. The molecule has 0 saturated carbocycles. The van der Waals surface area contributed by atoms with E-state index in [1.165, 1.54) is 6.07 Å². The highest BCUT2D eigenvalue weighted by Gasteiger charge is 2.27. The van der Waals surface area contributed by atoms with Crippen LogP contribution < -0.4 is 14.7 Å². The van der Waals surface area contributed by atoms with Crippen molar-refractivity contribution >= 4 is 34.7 Å². The largest absolute Gasteiger partial charge is 0.497 e. The molecule has 0 unspecified atom stereocenters. The molecular weight excluding hydrogens is 328 g/mol. The van der Waals surface area contributed by atoms with Gasteiger partial charge in [0.2, 0.25) is 12.2 Å². The number of oxime groups is 1. The van der Waals surface area contributed by atoms with Crippen molar-refractivity contribution in [2.45, 2.75) is 0 Å². The van der Waals surface area contributed by atoms with E-state index in [1.807, 2.05) is 46.8 Å². The van der Waals surface area contributed by atoms with Gasteiger partial charge in [0, 0.05) is 23.1 Å². The highest BCUT2D eigenvalue weighted by molar-refractivity contribution is 7.97. The molecule has 0 saturated heterocycles. The van der Waals surface area contributed by atoms with E-state index < -0.39 is 5.63 Å². The van der Waals surface area contributed by atoms with E-state index in [4.69, 9.17) is 13.4 Å². The van der Waals surface area contributed by atoms with Gasteiger partial charge in [-0.1, -0.05) is 18.2 Å². The van der Waals surface area contributed by atoms with Crippen LogP contribution >= 0.6 is 12.2 Å². The summed E-state index contributed by atoms with van der Waals surface area (Å²) in [4.78, 5) is 12.0. The van der Waals surface area contributed by atoms with Crippen LogP contribution in [0.15, 0.2) is 69.0 Å². The Labute approximate surface area is 141 Å². The molecule has 120 valence electrons. The third-order valence-corrected chi connectivity index (χ3v) is 4.28. The summed E-state index contributed by atoms with van der Waals surface area (Å²) < 4.78 is 17.5. The first kappa shape index (κ1) is 14.6. The lowest BCUT2D eigenvalue weighted by Crippen LogP contribution is -2.22. The van der Waals surface area contributed by atoms with Crippen molar-refractivity contribution in [3.8, 4) is 5.75 Å². The van der Waals surface area contributed by atoms with Crippen LogP contribution in [0.4, 0.5) is 5.69 Å². The fraction of sp³-hybridized carbons (Fsp3) is 0.0588. The Morgan fingerprint density at radius 2 is 1.96 bits per heavy atom. The third kappa shape index (κ3) is 2.48. The Morgan fingerprint density at radius 1 is 1.12 bits per heavy atom. The smallest absolute Gasteiger partial charge is 0.336 e. The molecular formula is C17H12N2O4S. The maximum atomic E-state index is 12.0. The molecule has 24 heavy (non-hydrogen) atoms. The van der Waals surface area contributed by atoms with Crippen LogP contribution in [0.3, 0.4) is 0 Å². The van der Waals surface area contributed by atoms with Crippen LogP contribution in [-0.2, 0) is 4.28 Å². The summed E-state index contributed by atoms with van der Waals surface area (Å²) in [5, 5.41) is 4.84. The second-order valence-electron chi connectivity index (χ2n) is 5.04. The lowest BCUT2D eigenvalue weighted by atomic mass is 10.1. The van der Waals surface area contributed by atoms with Crippen molar-refractivity contribution in [1.82, 2.24) is 0 Å². The molecule has 3 aromatic rings. The molecule has 7 heteroatoms. The van der Waals surface area contributed by atoms with Crippen LogP contribution in [-0.4, -0.2) is 12.9 Å². The summed E-state index contributed by atoms with van der Waals surface area (Å²) in [5.41, 5.74) is 1.51. The summed E-state index contributed by atoms with van der Waals surface area (Å²) in [5.74, 6) is 1.15. The van der Waals surface area contributed by atoms with Crippen molar-refractivity contribution < 1.29 is 13.4 Å². The predicted molar refractivity (Wildman–Crippen MR) is 93.2 cm³/mol. The number of rotatable bonds is 3. The molecule has 0 fully saturated rings. The molecule has 1 aromatic heterocycles. The summed E-state index contributed by atoms with van der Waals surface area (Å²) in [6, 6.07) is 16.4. The van der Waals surface area contributed by atoms with E-state index in [-0.39, 0.29) is 0 Å². The van der Waals surface area contributed by atoms with Gasteiger partial charge in [-0.15, -0.1) is 0 Å². The topological polar surface area (TPSA) is 64.3 Å². The molecule has 0 bridgehead atoms. The average molecular weight is 340 g/mol. The third-order valence-electron chi connectivity index (χ3n) is 3.61. The molecule has 2 aromatic carbocycles.